The topological polar surface area (TPSA) is 134 Å². The molecule has 6 heterocycles. The molecule has 288 valence electrons. The molecule has 3 amide bonds. The summed E-state index contributed by atoms with van der Waals surface area (Å²) in [5, 5.41) is 10.6. The average Bonchev–Trinajstić information content (AvgIpc) is 3.49. The molecule has 0 spiro atoms. The second kappa shape index (κ2) is 14.6. The number of carbonyl (C=O) groups is 3. The first kappa shape index (κ1) is 37.2. The van der Waals surface area contributed by atoms with E-state index in [4.69, 9.17) is 18.9 Å². The van der Waals surface area contributed by atoms with E-state index in [0.717, 1.165) is 0 Å². The number of urea groups is 1. The molecule has 15 heteroatoms. The van der Waals surface area contributed by atoms with E-state index in [1.54, 1.807) is 4.90 Å². The highest BCUT2D eigenvalue weighted by Crippen LogP contribution is 2.45. The predicted molar refractivity (Wildman–Crippen MR) is 182 cm³/mol. The number of ether oxygens (including phenoxy) is 4. The number of alkyl halides is 2. The monoisotopic (exact) mass is 724 g/mol. The van der Waals surface area contributed by atoms with Crippen LogP contribution in [0.3, 0.4) is 0 Å². The maximum atomic E-state index is 16.8. The molecule has 51 heavy (non-hydrogen) atoms. The normalized spacial score (nSPS) is 45.0. The van der Waals surface area contributed by atoms with Gasteiger partial charge < -0.3 is 39.4 Å². The number of hydrogen-bond donors (Lipinski definition) is 3. The highest BCUT2D eigenvalue weighted by Gasteiger charge is 2.60. The third-order valence-electron chi connectivity index (χ3n) is 12.5. The molecule has 7 aliphatic rings. The first-order chi connectivity index (χ1) is 24.3. The Morgan fingerprint density at radius 2 is 1.82 bits per heavy atom. The molecule has 2 bridgehead atoms. The van der Waals surface area contributed by atoms with E-state index < -0.39 is 78.8 Å². The van der Waals surface area contributed by atoms with Crippen LogP contribution in [-0.2, 0) is 23.7 Å². The Morgan fingerprint density at radius 3 is 2.53 bits per heavy atom. The highest BCUT2D eigenvalue weighted by molar-refractivity contribution is 5.77. The lowest BCUT2D eigenvalue weighted by atomic mass is 9.71. The van der Waals surface area contributed by atoms with Crippen molar-refractivity contribution in [3.63, 3.8) is 0 Å². The maximum Gasteiger partial charge on any atom is 0.410 e. The molecule has 13 nitrogen and oxygen atoms in total. The summed E-state index contributed by atoms with van der Waals surface area (Å²) in [5.41, 5.74) is -0.628. The molecule has 6 aliphatic heterocycles. The van der Waals surface area contributed by atoms with E-state index in [2.05, 4.69) is 34.7 Å². The van der Waals surface area contributed by atoms with Crippen LogP contribution in [-0.4, -0.2) is 145 Å². The fraction of sp³-hybridized carbons (Fsp3) is 0.917. The number of fused-ring (bicyclic) bond motifs is 7. The van der Waals surface area contributed by atoms with Gasteiger partial charge in [-0.25, -0.2) is 18.4 Å². The number of hydrogen-bond acceptors (Lipinski definition) is 10. The van der Waals surface area contributed by atoms with Gasteiger partial charge >= 0.3 is 12.1 Å². The van der Waals surface area contributed by atoms with Gasteiger partial charge in [0, 0.05) is 55.5 Å². The quantitative estimate of drug-likeness (QED) is 0.374. The first-order valence-electron chi connectivity index (χ1n) is 19.2. The van der Waals surface area contributed by atoms with Gasteiger partial charge in [0.1, 0.15) is 24.0 Å². The minimum Gasteiger partial charge on any atom is -0.444 e. The number of rotatable bonds is 3. The van der Waals surface area contributed by atoms with Crippen LogP contribution in [0.15, 0.2) is 0 Å². The minimum absolute atomic E-state index is 0.0864. The van der Waals surface area contributed by atoms with Gasteiger partial charge in [-0.3, -0.25) is 15.0 Å². The summed E-state index contributed by atoms with van der Waals surface area (Å²) < 4.78 is 57.4. The summed E-state index contributed by atoms with van der Waals surface area (Å²) in [6, 6.07) is -1.88. The summed E-state index contributed by atoms with van der Waals surface area (Å²) >= 11 is 0. The van der Waals surface area contributed by atoms with Crippen molar-refractivity contribution in [2.75, 3.05) is 32.8 Å². The Labute approximate surface area is 300 Å². The van der Waals surface area contributed by atoms with Crippen molar-refractivity contribution >= 4 is 18.4 Å². The standard InChI is InChI=1S/C36H58F2N6O7/c1-18(2)28-30-20(10-11-39-28)31-25(49-26(16-45)50-31)17-48-24-9-7-8-22(37)27(24)29-23(38)14-21-32(41-34(46)44(30)33(21)40-29)43-13-12-42(15-19(43)3)35(47)51-36(4,5)6/h16,18-33,39-40H,7-15,17H2,1-6H3,(H,41,46)/t19-,20?,21?,22?,23?,24?,25?,26?,27?,28?,29?,30?,31?,32?,33?/m0/s1. The molecule has 14 unspecified atom stereocenters. The molecule has 6 saturated heterocycles. The van der Waals surface area contributed by atoms with Crippen LogP contribution in [0.5, 0.6) is 0 Å². The van der Waals surface area contributed by atoms with Gasteiger partial charge in [0.15, 0.2) is 6.29 Å². The summed E-state index contributed by atoms with van der Waals surface area (Å²) in [4.78, 5) is 45.5. The third-order valence-corrected chi connectivity index (χ3v) is 12.5. The van der Waals surface area contributed by atoms with Crippen molar-refractivity contribution < 1.29 is 42.1 Å². The fourth-order valence-electron chi connectivity index (χ4n) is 10.3. The summed E-state index contributed by atoms with van der Waals surface area (Å²) in [6.07, 6.45) is -4.05. The van der Waals surface area contributed by atoms with Crippen molar-refractivity contribution in [2.45, 2.75) is 153 Å². The van der Waals surface area contributed by atoms with Crippen LogP contribution in [0.25, 0.3) is 0 Å². The van der Waals surface area contributed by atoms with E-state index in [9.17, 15) is 14.4 Å². The van der Waals surface area contributed by atoms with Crippen molar-refractivity contribution in [3.05, 3.63) is 0 Å². The number of nitrogens with zero attached hydrogens (tertiary/aromatic N) is 3. The maximum absolute atomic E-state index is 16.8. The summed E-state index contributed by atoms with van der Waals surface area (Å²) in [7, 11) is 0. The van der Waals surface area contributed by atoms with E-state index in [-0.39, 0.29) is 49.1 Å². The van der Waals surface area contributed by atoms with E-state index in [0.29, 0.717) is 58.1 Å². The number of carbonyl (C=O) groups excluding carboxylic acids is 3. The second-order valence-electron chi connectivity index (χ2n) is 17.2. The fourth-order valence-corrected chi connectivity index (χ4v) is 10.3. The van der Waals surface area contributed by atoms with Crippen molar-refractivity contribution in [1.82, 2.24) is 30.7 Å². The number of amides is 3. The Morgan fingerprint density at radius 1 is 1.04 bits per heavy atom. The van der Waals surface area contributed by atoms with Gasteiger partial charge in [-0.15, -0.1) is 0 Å². The van der Waals surface area contributed by atoms with E-state index in [1.807, 2.05) is 32.6 Å². The largest absolute Gasteiger partial charge is 0.444 e. The number of halogens is 2. The van der Waals surface area contributed by atoms with Crippen LogP contribution >= 0.6 is 0 Å². The molecule has 0 radical (unpaired) electrons. The van der Waals surface area contributed by atoms with Crippen LogP contribution in [0.2, 0.25) is 0 Å². The predicted octanol–water partition coefficient (Wildman–Crippen LogP) is 2.77. The Balaban J connectivity index is 1.26. The third kappa shape index (κ3) is 7.11. The number of piperidine rings is 2. The molecule has 1 saturated carbocycles. The molecule has 7 fully saturated rings. The average molecular weight is 725 g/mol. The van der Waals surface area contributed by atoms with Crippen molar-refractivity contribution in [1.29, 1.82) is 0 Å². The summed E-state index contributed by atoms with van der Waals surface area (Å²) in [6.45, 7) is 13.8. The van der Waals surface area contributed by atoms with Gasteiger partial charge in [0.25, 0.3) is 0 Å². The number of nitrogens with one attached hydrogen (secondary N) is 3. The van der Waals surface area contributed by atoms with Crippen molar-refractivity contribution in [2.24, 2.45) is 23.7 Å². The number of piperazine rings is 1. The molecule has 0 aromatic rings. The summed E-state index contributed by atoms with van der Waals surface area (Å²) in [5.74, 6) is -1.28. The zero-order chi connectivity index (χ0) is 36.4. The second-order valence-corrected chi connectivity index (χ2v) is 17.2. The Hall–Kier alpha value is -2.17. The SMILES string of the molecule is CC(C)C1NCCC2C3OC(C=O)OC3COC3CCCC(F)C3C3NC4C(CC3F)C(N3CCN(C(=O)OC(C)(C)C)C[C@@H]3C)NC(=O)N4C21. The molecule has 1 aliphatic carbocycles. The van der Waals surface area contributed by atoms with Crippen LogP contribution < -0.4 is 16.0 Å². The zero-order valence-electron chi connectivity index (χ0n) is 30.8. The zero-order valence-corrected chi connectivity index (χ0v) is 30.8. The van der Waals surface area contributed by atoms with E-state index >= 15 is 8.78 Å². The van der Waals surface area contributed by atoms with Gasteiger partial charge in [-0.1, -0.05) is 13.8 Å². The Kier molecular flexibility index (Phi) is 10.6. The molecular formula is C36H58F2N6O7. The van der Waals surface area contributed by atoms with E-state index in [1.165, 1.54) is 0 Å². The highest BCUT2D eigenvalue weighted by atomic mass is 19.1. The van der Waals surface area contributed by atoms with Crippen LogP contribution in [0, 0.1) is 23.7 Å². The molecule has 0 aromatic heterocycles. The van der Waals surface area contributed by atoms with Gasteiger partial charge in [-0.05, 0) is 72.3 Å². The lowest BCUT2D eigenvalue weighted by Gasteiger charge is -2.60. The van der Waals surface area contributed by atoms with Crippen LogP contribution in [0.1, 0.15) is 73.6 Å². The van der Waals surface area contributed by atoms with Gasteiger partial charge in [-0.2, -0.15) is 0 Å². The molecular weight excluding hydrogens is 666 g/mol. The van der Waals surface area contributed by atoms with Crippen LogP contribution in [0.4, 0.5) is 18.4 Å². The minimum atomic E-state index is -1.39. The van der Waals surface area contributed by atoms with Gasteiger partial charge in [0.2, 0.25) is 6.29 Å². The smallest absolute Gasteiger partial charge is 0.410 e. The first-order valence-corrected chi connectivity index (χ1v) is 19.2. The molecule has 15 atom stereocenters. The molecule has 7 rings (SSSR count). The Bertz CT molecular complexity index is 1290. The lowest BCUT2D eigenvalue weighted by molar-refractivity contribution is -0.138. The van der Waals surface area contributed by atoms with Gasteiger partial charge in [0.05, 0.1) is 37.2 Å². The molecule has 3 N–H and O–H groups in total. The number of aldehydes is 1. The lowest BCUT2D eigenvalue weighted by Crippen LogP contribution is -2.80. The molecule has 0 aromatic carbocycles. The van der Waals surface area contributed by atoms with Crippen molar-refractivity contribution in [3.8, 4) is 0 Å².